The Kier molecular flexibility index (Phi) is 5.59. The Morgan fingerprint density at radius 1 is 1.39 bits per heavy atom. The first kappa shape index (κ1) is 17.7. The zero-order valence-corrected chi connectivity index (χ0v) is 14.4. The van der Waals surface area contributed by atoms with Crippen molar-refractivity contribution in [2.24, 2.45) is 0 Å². The van der Waals surface area contributed by atoms with Crippen LogP contribution >= 0.6 is 11.6 Å². The molecule has 7 heteroatoms. The molecule has 0 bridgehead atoms. The van der Waals surface area contributed by atoms with Gasteiger partial charge in [0.2, 0.25) is 0 Å². The van der Waals surface area contributed by atoms with Gasteiger partial charge in [0.25, 0.3) is 11.6 Å². The topological polar surface area (TPSA) is 66.7 Å². The monoisotopic (exact) mass is 339 g/mol. The van der Waals surface area contributed by atoms with Gasteiger partial charge in [-0.05, 0) is 38.8 Å². The van der Waals surface area contributed by atoms with Gasteiger partial charge in [0.05, 0.1) is 4.92 Å². The van der Waals surface area contributed by atoms with Crippen LogP contribution in [0.5, 0.6) is 0 Å². The molecule has 1 heterocycles. The van der Waals surface area contributed by atoms with Crippen LogP contribution in [0.3, 0.4) is 0 Å². The molecule has 0 aromatic heterocycles. The second kappa shape index (κ2) is 7.27. The molecule has 1 amide bonds. The average Bonchev–Trinajstić information content (AvgIpc) is 2.53. The molecule has 0 saturated carbocycles. The summed E-state index contributed by atoms with van der Waals surface area (Å²) in [4.78, 5) is 27.3. The molecule has 0 radical (unpaired) electrons. The quantitative estimate of drug-likeness (QED) is 0.624. The minimum absolute atomic E-state index is 0.0909. The molecule has 1 aromatic rings. The molecular formula is C16H22ClN3O3. The maximum atomic E-state index is 12.7. The summed E-state index contributed by atoms with van der Waals surface area (Å²) < 4.78 is 0. The summed E-state index contributed by atoms with van der Waals surface area (Å²) in [6, 6.07) is 4.77. The summed E-state index contributed by atoms with van der Waals surface area (Å²) in [5.41, 5.74) is -0.151. The number of piperidine rings is 1. The van der Waals surface area contributed by atoms with Crippen molar-refractivity contribution in [3.8, 4) is 0 Å². The van der Waals surface area contributed by atoms with Gasteiger partial charge in [-0.2, -0.15) is 0 Å². The Balaban J connectivity index is 2.13. The number of rotatable bonds is 4. The minimum Gasteiger partial charge on any atom is -0.338 e. The standard InChI is InChI=1S/C16H22ClN3O3/c1-11(2)19-8-6-13(7-9-19)18(3)16(21)14-5-4-12(17)10-15(14)20(22)23/h4-5,10-11,13H,6-9H2,1-3H3. The smallest absolute Gasteiger partial charge is 0.283 e. The number of halogens is 1. The number of hydrogen-bond acceptors (Lipinski definition) is 4. The molecule has 126 valence electrons. The Morgan fingerprint density at radius 3 is 2.52 bits per heavy atom. The molecule has 0 N–H and O–H groups in total. The van der Waals surface area contributed by atoms with Gasteiger partial charge in [-0.15, -0.1) is 0 Å². The van der Waals surface area contributed by atoms with E-state index in [2.05, 4.69) is 18.7 Å². The normalized spacial score (nSPS) is 16.6. The Hall–Kier alpha value is -1.66. The summed E-state index contributed by atoms with van der Waals surface area (Å²) in [6.07, 6.45) is 1.75. The molecule has 1 aliphatic rings. The van der Waals surface area contributed by atoms with Gasteiger partial charge >= 0.3 is 0 Å². The van der Waals surface area contributed by atoms with E-state index in [0.29, 0.717) is 6.04 Å². The Bertz CT molecular complexity index is 598. The molecule has 23 heavy (non-hydrogen) atoms. The van der Waals surface area contributed by atoms with E-state index in [1.54, 1.807) is 11.9 Å². The first-order valence-electron chi connectivity index (χ1n) is 7.76. The van der Waals surface area contributed by atoms with Crippen molar-refractivity contribution in [1.29, 1.82) is 0 Å². The summed E-state index contributed by atoms with van der Waals surface area (Å²) >= 11 is 5.80. The van der Waals surface area contributed by atoms with E-state index in [-0.39, 0.29) is 28.2 Å². The SMILES string of the molecule is CC(C)N1CCC(N(C)C(=O)c2ccc(Cl)cc2[N+](=O)[O-])CC1. The van der Waals surface area contributed by atoms with E-state index >= 15 is 0 Å². The number of benzene rings is 1. The van der Waals surface area contributed by atoms with Crippen molar-refractivity contribution < 1.29 is 9.72 Å². The summed E-state index contributed by atoms with van der Waals surface area (Å²) in [5.74, 6) is -0.323. The van der Waals surface area contributed by atoms with E-state index in [9.17, 15) is 14.9 Å². The molecular weight excluding hydrogens is 318 g/mol. The van der Waals surface area contributed by atoms with Crippen LogP contribution in [-0.2, 0) is 0 Å². The van der Waals surface area contributed by atoms with Crippen LogP contribution < -0.4 is 0 Å². The second-order valence-corrected chi connectivity index (χ2v) is 6.63. The molecule has 0 spiro atoms. The zero-order valence-electron chi connectivity index (χ0n) is 13.7. The van der Waals surface area contributed by atoms with Crippen LogP contribution in [0.2, 0.25) is 5.02 Å². The highest BCUT2D eigenvalue weighted by atomic mass is 35.5. The molecule has 1 saturated heterocycles. The number of nitro benzene ring substituents is 1. The van der Waals surface area contributed by atoms with Crippen LogP contribution in [0.4, 0.5) is 5.69 Å². The van der Waals surface area contributed by atoms with Crippen LogP contribution in [0.15, 0.2) is 18.2 Å². The first-order chi connectivity index (χ1) is 10.8. The lowest BCUT2D eigenvalue weighted by atomic mass is 10.0. The molecule has 2 rings (SSSR count). The van der Waals surface area contributed by atoms with Gasteiger partial charge in [-0.25, -0.2) is 0 Å². The third-order valence-electron chi connectivity index (χ3n) is 4.48. The maximum Gasteiger partial charge on any atom is 0.283 e. The van der Waals surface area contributed by atoms with Crippen molar-refractivity contribution >= 4 is 23.2 Å². The van der Waals surface area contributed by atoms with Crippen molar-refractivity contribution in [2.45, 2.75) is 38.8 Å². The fraction of sp³-hybridized carbons (Fsp3) is 0.562. The van der Waals surface area contributed by atoms with E-state index < -0.39 is 4.92 Å². The van der Waals surface area contributed by atoms with E-state index in [1.807, 2.05) is 0 Å². The van der Waals surface area contributed by atoms with Crippen LogP contribution in [0.1, 0.15) is 37.0 Å². The van der Waals surface area contributed by atoms with Gasteiger partial charge in [0, 0.05) is 43.3 Å². The molecule has 0 unspecified atom stereocenters. The largest absolute Gasteiger partial charge is 0.338 e. The Labute approximate surface area is 141 Å². The predicted octanol–water partition coefficient (Wildman–Crippen LogP) is 3.19. The lowest BCUT2D eigenvalue weighted by molar-refractivity contribution is -0.385. The Morgan fingerprint density at radius 2 is 2.00 bits per heavy atom. The number of amides is 1. The average molecular weight is 340 g/mol. The van der Waals surface area contributed by atoms with E-state index in [0.717, 1.165) is 25.9 Å². The highest BCUT2D eigenvalue weighted by Crippen LogP contribution is 2.26. The van der Waals surface area contributed by atoms with Crippen molar-refractivity contribution in [3.63, 3.8) is 0 Å². The van der Waals surface area contributed by atoms with Crippen LogP contribution in [0.25, 0.3) is 0 Å². The van der Waals surface area contributed by atoms with Gasteiger partial charge < -0.3 is 9.80 Å². The molecule has 1 aliphatic heterocycles. The van der Waals surface area contributed by atoms with Gasteiger partial charge in [0.15, 0.2) is 0 Å². The van der Waals surface area contributed by atoms with E-state index in [1.165, 1.54) is 18.2 Å². The molecule has 0 aliphatic carbocycles. The van der Waals surface area contributed by atoms with Crippen LogP contribution in [0, 0.1) is 10.1 Å². The van der Waals surface area contributed by atoms with Gasteiger partial charge in [-0.3, -0.25) is 14.9 Å². The third kappa shape index (κ3) is 4.00. The summed E-state index contributed by atoms with van der Waals surface area (Å²) in [5, 5.41) is 11.4. The zero-order chi connectivity index (χ0) is 17.1. The van der Waals surface area contributed by atoms with Crippen molar-refractivity contribution in [2.75, 3.05) is 20.1 Å². The third-order valence-corrected chi connectivity index (χ3v) is 4.72. The second-order valence-electron chi connectivity index (χ2n) is 6.20. The number of likely N-dealkylation sites (tertiary alicyclic amines) is 1. The molecule has 1 aromatic carbocycles. The fourth-order valence-electron chi connectivity index (χ4n) is 2.98. The fourth-order valence-corrected chi connectivity index (χ4v) is 3.15. The highest BCUT2D eigenvalue weighted by molar-refractivity contribution is 6.31. The van der Waals surface area contributed by atoms with Crippen molar-refractivity contribution in [3.05, 3.63) is 38.9 Å². The molecule has 1 fully saturated rings. The van der Waals surface area contributed by atoms with Crippen molar-refractivity contribution in [1.82, 2.24) is 9.80 Å². The van der Waals surface area contributed by atoms with Gasteiger partial charge in [-0.1, -0.05) is 11.6 Å². The summed E-state index contributed by atoms with van der Waals surface area (Å²) in [6.45, 7) is 6.18. The lowest BCUT2D eigenvalue weighted by Gasteiger charge is -2.38. The first-order valence-corrected chi connectivity index (χ1v) is 8.14. The highest BCUT2D eigenvalue weighted by Gasteiger charge is 2.30. The molecule has 6 nitrogen and oxygen atoms in total. The molecule has 0 atom stereocenters. The number of carbonyl (C=O) groups excluding carboxylic acids is 1. The number of nitro groups is 1. The number of carbonyl (C=O) groups is 1. The summed E-state index contributed by atoms with van der Waals surface area (Å²) in [7, 11) is 1.72. The predicted molar refractivity (Wildman–Crippen MR) is 89.9 cm³/mol. The number of hydrogen-bond donors (Lipinski definition) is 0. The van der Waals surface area contributed by atoms with E-state index in [4.69, 9.17) is 11.6 Å². The maximum absolute atomic E-state index is 12.7. The van der Waals surface area contributed by atoms with Crippen LogP contribution in [-0.4, -0.2) is 52.9 Å². The lowest BCUT2D eigenvalue weighted by Crippen LogP contribution is -2.47. The van der Waals surface area contributed by atoms with Gasteiger partial charge in [0.1, 0.15) is 5.56 Å². The minimum atomic E-state index is -0.561. The number of nitrogens with zero attached hydrogens (tertiary/aromatic N) is 3.